The normalized spacial score (nSPS) is 11.5. The van der Waals surface area contributed by atoms with Gasteiger partial charge in [-0.15, -0.1) is 11.8 Å². The Morgan fingerprint density at radius 2 is 1.48 bits per heavy atom. The standard InChI is InChI=1S/C19H24O3S2Si/c1-20-25(21-2,22-3)14-13-16-9-11-18(12-10-16)19(23)24-15-17-7-5-4-6-8-17/h4-12H,13-15H2,1-3H3. The van der Waals surface area contributed by atoms with Crippen molar-refractivity contribution >= 4 is 37.0 Å². The predicted octanol–water partition coefficient (Wildman–Crippen LogP) is 4.72. The lowest BCUT2D eigenvalue weighted by Crippen LogP contribution is -2.43. The van der Waals surface area contributed by atoms with Crippen LogP contribution < -0.4 is 0 Å². The van der Waals surface area contributed by atoms with Crippen LogP contribution in [0.15, 0.2) is 54.6 Å². The van der Waals surface area contributed by atoms with E-state index in [-0.39, 0.29) is 0 Å². The van der Waals surface area contributed by atoms with Crippen LogP contribution in [-0.4, -0.2) is 34.3 Å². The lowest BCUT2D eigenvalue weighted by molar-refractivity contribution is 0.123. The van der Waals surface area contributed by atoms with Gasteiger partial charge in [-0.1, -0.05) is 66.8 Å². The monoisotopic (exact) mass is 392 g/mol. The Kier molecular flexibility index (Phi) is 8.28. The van der Waals surface area contributed by atoms with Crippen LogP contribution in [-0.2, 0) is 25.5 Å². The van der Waals surface area contributed by atoms with Gasteiger partial charge in [0.1, 0.15) is 0 Å². The summed E-state index contributed by atoms with van der Waals surface area (Å²) in [5, 5.41) is 0. The summed E-state index contributed by atoms with van der Waals surface area (Å²) in [6, 6.07) is 19.5. The Bertz CT molecular complexity index is 650. The van der Waals surface area contributed by atoms with Gasteiger partial charge in [0.2, 0.25) is 0 Å². The summed E-state index contributed by atoms with van der Waals surface area (Å²) in [5.74, 6) is 0.894. The van der Waals surface area contributed by atoms with Gasteiger partial charge in [-0.3, -0.25) is 0 Å². The first kappa shape index (κ1) is 20.3. The van der Waals surface area contributed by atoms with Gasteiger partial charge < -0.3 is 13.3 Å². The van der Waals surface area contributed by atoms with Crippen LogP contribution in [0.1, 0.15) is 16.7 Å². The molecule has 134 valence electrons. The van der Waals surface area contributed by atoms with Crippen LogP contribution in [0.4, 0.5) is 0 Å². The molecule has 25 heavy (non-hydrogen) atoms. The first-order valence-electron chi connectivity index (χ1n) is 8.08. The molecule has 0 unspecified atom stereocenters. The quantitative estimate of drug-likeness (QED) is 0.455. The molecule has 6 heteroatoms. The minimum absolute atomic E-state index is 0.753. The largest absolute Gasteiger partial charge is 0.500 e. The Balaban J connectivity index is 1.89. The third-order valence-electron chi connectivity index (χ3n) is 4.06. The number of hydrogen-bond donors (Lipinski definition) is 0. The van der Waals surface area contributed by atoms with E-state index in [4.69, 9.17) is 25.5 Å². The molecule has 0 aliphatic rings. The smallest absolute Gasteiger partial charge is 0.377 e. The molecule has 0 amide bonds. The van der Waals surface area contributed by atoms with E-state index in [1.165, 1.54) is 11.1 Å². The van der Waals surface area contributed by atoms with E-state index in [0.717, 1.165) is 28.0 Å². The molecule has 2 rings (SSSR count). The second kappa shape index (κ2) is 10.2. The molecule has 2 aromatic carbocycles. The fourth-order valence-electron chi connectivity index (χ4n) is 2.47. The van der Waals surface area contributed by atoms with Crippen molar-refractivity contribution in [2.24, 2.45) is 0 Å². The molecule has 0 N–H and O–H groups in total. The van der Waals surface area contributed by atoms with Crippen LogP contribution >= 0.6 is 24.0 Å². The minimum Gasteiger partial charge on any atom is -0.377 e. The van der Waals surface area contributed by atoms with Crippen LogP contribution in [0.5, 0.6) is 0 Å². The molecule has 0 heterocycles. The van der Waals surface area contributed by atoms with Crippen LogP contribution in [0, 0.1) is 0 Å². The van der Waals surface area contributed by atoms with Gasteiger partial charge in [-0.05, 0) is 23.1 Å². The van der Waals surface area contributed by atoms with Gasteiger partial charge in [-0.2, -0.15) is 0 Å². The Morgan fingerprint density at radius 1 is 0.880 bits per heavy atom. The number of thiocarbonyl (C=S) groups is 1. The zero-order valence-corrected chi connectivity index (χ0v) is 17.5. The molecule has 0 saturated heterocycles. The fourth-order valence-corrected chi connectivity index (χ4v) is 5.28. The van der Waals surface area contributed by atoms with Crippen LogP contribution in [0.3, 0.4) is 0 Å². The topological polar surface area (TPSA) is 27.7 Å². The molecule has 0 fully saturated rings. The number of thioether (sulfide) groups is 1. The van der Waals surface area contributed by atoms with Gasteiger partial charge in [0.25, 0.3) is 0 Å². The highest BCUT2D eigenvalue weighted by Gasteiger charge is 2.37. The second-order valence-electron chi connectivity index (χ2n) is 5.55. The predicted molar refractivity (Wildman–Crippen MR) is 111 cm³/mol. The Hall–Kier alpha value is -1.02. The molecule has 3 nitrogen and oxygen atoms in total. The van der Waals surface area contributed by atoms with Crippen molar-refractivity contribution < 1.29 is 13.3 Å². The van der Waals surface area contributed by atoms with Crippen molar-refractivity contribution in [3.8, 4) is 0 Å². The first-order chi connectivity index (χ1) is 12.1. The molecule has 0 radical (unpaired) electrons. The first-order valence-corrected chi connectivity index (χ1v) is 11.4. The molecule has 0 atom stereocenters. The van der Waals surface area contributed by atoms with Gasteiger partial charge in [-0.25, -0.2) is 0 Å². The molecule has 0 spiro atoms. The summed E-state index contributed by atoms with van der Waals surface area (Å²) >= 11 is 7.25. The van der Waals surface area contributed by atoms with Gasteiger partial charge >= 0.3 is 8.80 Å². The van der Waals surface area contributed by atoms with Crippen molar-refractivity contribution in [1.29, 1.82) is 0 Å². The minimum atomic E-state index is -2.52. The molecular formula is C19H24O3S2Si. The Morgan fingerprint density at radius 3 is 2.04 bits per heavy atom. The highest BCUT2D eigenvalue weighted by molar-refractivity contribution is 8.23. The zero-order valence-electron chi connectivity index (χ0n) is 14.9. The summed E-state index contributed by atoms with van der Waals surface area (Å²) in [6.45, 7) is 0. The highest BCUT2D eigenvalue weighted by Crippen LogP contribution is 2.21. The van der Waals surface area contributed by atoms with E-state index in [1.807, 2.05) is 6.07 Å². The maximum Gasteiger partial charge on any atom is 0.500 e. The number of benzene rings is 2. The lowest BCUT2D eigenvalue weighted by Gasteiger charge is -2.24. The van der Waals surface area contributed by atoms with E-state index in [9.17, 15) is 0 Å². The number of hydrogen-bond acceptors (Lipinski definition) is 5. The van der Waals surface area contributed by atoms with Crippen molar-refractivity contribution in [3.63, 3.8) is 0 Å². The lowest BCUT2D eigenvalue weighted by atomic mass is 10.1. The Labute approximate surface area is 161 Å². The molecule has 2 aromatic rings. The number of aryl methyl sites for hydroxylation is 1. The summed E-state index contributed by atoms with van der Waals surface area (Å²) in [4.78, 5) is 0. The molecule has 0 aliphatic carbocycles. The SMILES string of the molecule is CO[Si](CCc1ccc(C(=S)SCc2ccccc2)cc1)(OC)OC. The molecule has 0 saturated carbocycles. The molecule has 0 bridgehead atoms. The maximum absolute atomic E-state index is 5.55. The summed E-state index contributed by atoms with van der Waals surface area (Å²) in [7, 11) is 2.42. The van der Waals surface area contributed by atoms with Crippen molar-refractivity contribution in [1.82, 2.24) is 0 Å². The average Bonchev–Trinajstić information content (AvgIpc) is 2.69. The average molecular weight is 393 g/mol. The maximum atomic E-state index is 5.55. The molecule has 0 aliphatic heterocycles. The van der Waals surface area contributed by atoms with E-state index in [2.05, 4.69) is 48.5 Å². The van der Waals surface area contributed by atoms with Crippen molar-refractivity contribution in [2.45, 2.75) is 18.2 Å². The summed E-state index contributed by atoms with van der Waals surface area (Å²) < 4.78 is 17.3. The summed E-state index contributed by atoms with van der Waals surface area (Å²) in [6.07, 6.45) is 0.853. The van der Waals surface area contributed by atoms with Gasteiger partial charge in [0, 0.05) is 33.1 Å². The molecular weight excluding hydrogens is 368 g/mol. The van der Waals surface area contributed by atoms with E-state index in [1.54, 1.807) is 33.1 Å². The van der Waals surface area contributed by atoms with Crippen LogP contribution in [0.25, 0.3) is 0 Å². The van der Waals surface area contributed by atoms with Crippen LogP contribution in [0.2, 0.25) is 6.04 Å². The van der Waals surface area contributed by atoms with E-state index in [0.29, 0.717) is 0 Å². The van der Waals surface area contributed by atoms with Gasteiger partial charge in [0.05, 0.1) is 4.20 Å². The van der Waals surface area contributed by atoms with E-state index < -0.39 is 8.80 Å². The fraction of sp³-hybridized carbons (Fsp3) is 0.316. The van der Waals surface area contributed by atoms with Crippen molar-refractivity contribution in [3.05, 3.63) is 71.3 Å². The van der Waals surface area contributed by atoms with E-state index >= 15 is 0 Å². The zero-order chi connectivity index (χ0) is 18.1. The molecule has 0 aromatic heterocycles. The van der Waals surface area contributed by atoms with Crippen molar-refractivity contribution in [2.75, 3.05) is 21.3 Å². The highest BCUT2D eigenvalue weighted by atomic mass is 32.2. The third-order valence-corrected chi connectivity index (χ3v) is 8.35. The summed E-state index contributed by atoms with van der Waals surface area (Å²) in [5.41, 5.74) is 3.60. The second-order valence-corrected chi connectivity index (χ2v) is 10.3. The van der Waals surface area contributed by atoms with Gasteiger partial charge in [0.15, 0.2) is 0 Å². The third kappa shape index (κ3) is 6.02. The number of rotatable bonds is 9.